The first kappa shape index (κ1) is 18.1. The average molecular weight is 381 g/mol. The van der Waals surface area contributed by atoms with E-state index in [4.69, 9.17) is 5.73 Å². The van der Waals surface area contributed by atoms with Crippen LogP contribution in [0.1, 0.15) is 30.2 Å². The molecule has 0 spiro atoms. The molecular formula is C18H23N9O. The second-order valence-corrected chi connectivity index (χ2v) is 6.97. The Balaban J connectivity index is 1.67. The van der Waals surface area contributed by atoms with Gasteiger partial charge in [0.15, 0.2) is 0 Å². The maximum atomic E-state index is 11.8. The first-order valence-corrected chi connectivity index (χ1v) is 9.25. The molecule has 1 saturated heterocycles. The number of hydrogen-bond donors (Lipinski definition) is 3. The van der Waals surface area contributed by atoms with Gasteiger partial charge < -0.3 is 21.3 Å². The molecule has 1 aliphatic heterocycles. The number of rotatable bonds is 5. The van der Waals surface area contributed by atoms with Gasteiger partial charge in [-0.05, 0) is 13.8 Å². The van der Waals surface area contributed by atoms with Crippen molar-refractivity contribution in [3.63, 3.8) is 0 Å². The minimum atomic E-state index is -0.541. The number of hydrogen-bond acceptors (Lipinski definition) is 8. The number of piperazine rings is 1. The number of nitrogens with two attached hydrogens (primary N) is 1. The summed E-state index contributed by atoms with van der Waals surface area (Å²) in [7, 11) is 0. The Labute approximate surface area is 162 Å². The maximum absolute atomic E-state index is 11.8. The number of nitrogens with one attached hydrogen (secondary N) is 2. The Morgan fingerprint density at radius 3 is 2.71 bits per heavy atom. The fourth-order valence-electron chi connectivity index (χ4n) is 3.26. The van der Waals surface area contributed by atoms with Gasteiger partial charge in [0.25, 0.3) is 5.91 Å². The molecule has 0 radical (unpaired) electrons. The number of carbonyl (C=O) groups excluding carboxylic acids is 1. The van der Waals surface area contributed by atoms with Gasteiger partial charge in [0.05, 0.1) is 11.7 Å². The van der Waals surface area contributed by atoms with Crippen molar-refractivity contribution in [2.45, 2.75) is 19.9 Å². The van der Waals surface area contributed by atoms with Crippen LogP contribution in [-0.4, -0.2) is 56.8 Å². The molecule has 0 aromatic carbocycles. The van der Waals surface area contributed by atoms with Gasteiger partial charge in [0, 0.05) is 56.1 Å². The number of amides is 1. The number of carbonyl (C=O) groups is 1. The van der Waals surface area contributed by atoms with E-state index in [0.717, 1.165) is 37.1 Å². The summed E-state index contributed by atoms with van der Waals surface area (Å²) in [5.74, 6) is 0.967. The van der Waals surface area contributed by atoms with E-state index in [-0.39, 0.29) is 6.04 Å². The lowest BCUT2D eigenvalue weighted by Crippen LogP contribution is -2.44. The van der Waals surface area contributed by atoms with Gasteiger partial charge in [0.2, 0.25) is 5.95 Å². The van der Waals surface area contributed by atoms with Crippen molar-refractivity contribution >= 4 is 34.4 Å². The zero-order valence-electron chi connectivity index (χ0n) is 15.9. The summed E-state index contributed by atoms with van der Waals surface area (Å²) in [6.07, 6.45) is 5.03. The third-order valence-electron chi connectivity index (χ3n) is 4.66. The van der Waals surface area contributed by atoms with E-state index in [1.54, 1.807) is 12.4 Å². The van der Waals surface area contributed by atoms with E-state index in [1.165, 1.54) is 6.20 Å². The van der Waals surface area contributed by atoms with Gasteiger partial charge in [-0.1, -0.05) is 0 Å². The first-order valence-electron chi connectivity index (χ1n) is 9.25. The Bertz CT molecular complexity index is 1010. The van der Waals surface area contributed by atoms with Crippen molar-refractivity contribution in [2.24, 2.45) is 5.73 Å². The van der Waals surface area contributed by atoms with Crippen LogP contribution in [0.4, 0.5) is 17.6 Å². The lowest BCUT2D eigenvalue weighted by Gasteiger charge is -2.29. The summed E-state index contributed by atoms with van der Waals surface area (Å²) in [5, 5.41) is 11.8. The molecule has 4 N–H and O–H groups in total. The number of anilines is 3. The standard InChI is InChI=1S/C18H23N9O/c1-11(2)27-14-7-15(21-8-12(14)9-23-27)24-18-22-10-13(16(19)28)17(25-18)26-5-3-20-4-6-26/h7-11,20H,3-6H2,1-2H3,(H2,19,28)(H,21,22,24,25). The van der Waals surface area contributed by atoms with Crippen LogP contribution < -0.4 is 21.3 Å². The predicted molar refractivity (Wildman–Crippen MR) is 107 cm³/mol. The number of primary amides is 1. The van der Waals surface area contributed by atoms with Crippen LogP contribution >= 0.6 is 0 Å². The van der Waals surface area contributed by atoms with Gasteiger partial charge >= 0.3 is 0 Å². The van der Waals surface area contributed by atoms with Crippen molar-refractivity contribution in [3.8, 4) is 0 Å². The summed E-state index contributed by atoms with van der Waals surface area (Å²) < 4.78 is 1.94. The van der Waals surface area contributed by atoms with Gasteiger partial charge in [-0.2, -0.15) is 10.1 Å². The molecule has 28 heavy (non-hydrogen) atoms. The van der Waals surface area contributed by atoms with E-state index in [2.05, 4.69) is 44.5 Å². The fourth-order valence-corrected chi connectivity index (χ4v) is 3.26. The largest absolute Gasteiger partial charge is 0.365 e. The van der Waals surface area contributed by atoms with Crippen LogP contribution in [0.15, 0.2) is 24.7 Å². The highest BCUT2D eigenvalue weighted by Gasteiger charge is 2.20. The monoisotopic (exact) mass is 381 g/mol. The summed E-state index contributed by atoms with van der Waals surface area (Å²) in [5.41, 5.74) is 6.80. The third-order valence-corrected chi connectivity index (χ3v) is 4.66. The highest BCUT2D eigenvalue weighted by atomic mass is 16.1. The van der Waals surface area contributed by atoms with Crippen molar-refractivity contribution in [1.82, 2.24) is 30.0 Å². The number of aromatic nitrogens is 5. The molecule has 0 saturated carbocycles. The quantitative estimate of drug-likeness (QED) is 0.599. The zero-order valence-corrected chi connectivity index (χ0v) is 15.9. The Morgan fingerprint density at radius 1 is 1.21 bits per heavy atom. The molecule has 1 aliphatic rings. The lowest BCUT2D eigenvalue weighted by molar-refractivity contribution is 0.1000. The van der Waals surface area contributed by atoms with E-state index in [9.17, 15) is 4.79 Å². The third kappa shape index (κ3) is 3.46. The van der Waals surface area contributed by atoms with E-state index in [0.29, 0.717) is 23.1 Å². The smallest absolute Gasteiger partial charge is 0.254 e. The number of pyridine rings is 1. The van der Waals surface area contributed by atoms with Crippen LogP contribution in [0.25, 0.3) is 10.9 Å². The molecular weight excluding hydrogens is 358 g/mol. The molecule has 0 aliphatic carbocycles. The topological polar surface area (TPSA) is 127 Å². The minimum absolute atomic E-state index is 0.234. The summed E-state index contributed by atoms with van der Waals surface area (Å²) in [4.78, 5) is 27.1. The molecule has 1 fully saturated rings. The van der Waals surface area contributed by atoms with Crippen LogP contribution in [0.3, 0.4) is 0 Å². The van der Waals surface area contributed by atoms with Gasteiger partial charge in [-0.25, -0.2) is 9.97 Å². The van der Waals surface area contributed by atoms with Crippen LogP contribution in [0, 0.1) is 0 Å². The second kappa shape index (κ2) is 7.39. The average Bonchev–Trinajstić information content (AvgIpc) is 3.12. The molecule has 3 aromatic rings. The molecule has 0 unspecified atom stereocenters. The zero-order chi connectivity index (χ0) is 19.7. The lowest BCUT2D eigenvalue weighted by atomic mass is 10.2. The first-order chi connectivity index (χ1) is 13.5. The molecule has 1 amide bonds. The highest BCUT2D eigenvalue weighted by molar-refractivity contribution is 5.97. The minimum Gasteiger partial charge on any atom is -0.365 e. The van der Waals surface area contributed by atoms with Crippen molar-refractivity contribution < 1.29 is 4.79 Å². The van der Waals surface area contributed by atoms with E-state index in [1.807, 2.05) is 15.6 Å². The molecule has 0 atom stereocenters. The predicted octanol–water partition coefficient (Wildman–Crippen LogP) is 1.05. The van der Waals surface area contributed by atoms with Crippen molar-refractivity contribution in [3.05, 3.63) is 30.2 Å². The fraction of sp³-hybridized carbons (Fsp3) is 0.389. The molecule has 10 nitrogen and oxygen atoms in total. The van der Waals surface area contributed by atoms with Crippen LogP contribution in [0.2, 0.25) is 0 Å². The van der Waals surface area contributed by atoms with Crippen LogP contribution in [-0.2, 0) is 0 Å². The van der Waals surface area contributed by atoms with Crippen molar-refractivity contribution in [2.75, 3.05) is 36.4 Å². The maximum Gasteiger partial charge on any atom is 0.254 e. The molecule has 10 heteroatoms. The Morgan fingerprint density at radius 2 is 2.00 bits per heavy atom. The molecule has 146 valence electrons. The van der Waals surface area contributed by atoms with Gasteiger partial charge in [-0.15, -0.1) is 0 Å². The normalized spacial score (nSPS) is 14.6. The second-order valence-electron chi connectivity index (χ2n) is 6.97. The number of nitrogens with zero attached hydrogens (tertiary/aromatic N) is 6. The summed E-state index contributed by atoms with van der Waals surface area (Å²) >= 11 is 0. The van der Waals surface area contributed by atoms with Crippen molar-refractivity contribution in [1.29, 1.82) is 0 Å². The molecule has 3 aromatic heterocycles. The number of fused-ring (bicyclic) bond motifs is 1. The van der Waals surface area contributed by atoms with E-state index >= 15 is 0 Å². The van der Waals surface area contributed by atoms with E-state index < -0.39 is 5.91 Å². The Kier molecular flexibility index (Phi) is 4.78. The Hall–Kier alpha value is -3.27. The summed E-state index contributed by atoms with van der Waals surface area (Å²) in [6, 6.07) is 2.15. The molecule has 4 heterocycles. The highest BCUT2D eigenvalue weighted by Crippen LogP contribution is 2.23. The van der Waals surface area contributed by atoms with Crippen LogP contribution in [0.5, 0.6) is 0 Å². The summed E-state index contributed by atoms with van der Waals surface area (Å²) in [6.45, 7) is 7.28. The molecule has 0 bridgehead atoms. The van der Waals surface area contributed by atoms with Gasteiger partial charge in [-0.3, -0.25) is 9.48 Å². The SMILES string of the molecule is CC(C)n1ncc2cnc(Nc3ncc(C(N)=O)c(N4CCNCC4)n3)cc21. The van der Waals surface area contributed by atoms with Gasteiger partial charge in [0.1, 0.15) is 17.2 Å². The molecule has 4 rings (SSSR count).